The summed E-state index contributed by atoms with van der Waals surface area (Å²) < 4.78 is 38.2. The minimum atomic E-state index is -3.44. The van der Waals surface area contributed by atoms with Gasteiger partial charge in [0.15, 0.2) is 0 Å². The smallest absolute Gasteiger partial charge is 0.229 e. The zero-order chi connectivity index (χ0) is 29.5. The maximum Gasteiger partial charge on any atom is 0.229 e. The molecule has 2 aromatic rings. The zero-order valence-corrected chi connectivity index (χ0v) is 25.1. The molecule has 0 aromatic carbocycles. The highest BCUT2D eigenvalue weighted by Gasteiger charge is 2.26. The Morgan fingerprint density at radius 3 is 2.60 bits per heavy atom. The number of hydrogen-bond acceptors (Lipinski definition) is 11. The standard InChI is InChI=1S/C29H40N8O4S/c1-20(36-42(3,38)39)16-25-26(30-2)17-27(37-12-14-40-15-13-37)35-28(25)41-24-6-4-23(5-7-24)34-29-32-18-22(19-33-29)21-8-10-31-11-9-21/h8,16-19,23-24,31,36H,2,4-7,9-15H2,1,3H3,(H,32,33,34)/b20-16+. The SMILES string of the molecule is C=Nc1cc(N2CCOCC2)nc(OC2CCC(Nc3ncc(C4=CCNCC4)cn3)CC2)c1/C=C(\C)NS(C)(=O)=O. The molecule has 1 aliphatic carbocycles. The van der Waals surface area contributed by atoms with Crippen LogP contribution in [-0.2, 0) is 14.8 Å². The van der Waals surface area contributed by atoms with E-state index in [4.69, 9.17) is 14.5 Å². The van der Waals surface area contributed by atoms with Gasteiger partial charge in [0.05, 0.1) is 30.7 Å². The normalized spacial score (nSPS) is 21.8. The third kappa shape index (κ3) is 8.05. The maximum atomic E-state index is 11.8. The van der Waals surface area contributed by atoms with Gasteiger partial charge >= 0.3 is 0 Å². The summed E-state index contributed by atoms with van der Waals surface area (Å²) in [4.78, 5) is 20.4. The van der Waals surface area contributed by atoms with E-state index < -0.39 is 10.0 Å². The summed E-state index contributed by atoms with van der Waals surface area (Å²) in [6.45, 7) is 9.96. The fourth-order valence-electron chi connectivity index (χ4n) is 5.47. The summed E-state index contributed by atoms with van der Waals surface area (Å²) in [5.41, 5.74) is 3.96. The molecule has 2 fully saturated rings. The average Bonchev–Trinajstić information content (AvgIpc) is 2.99. The number of ether oxygens (including phenoxy) is 2. The number of hydrogen-bond donors (Lipinski definition) is 3. The summed E-state index contributed by atoms with van der Waals surface area (Å²) in [5, 5.41) is 6.81. The van der Waals surface area contributed by atoms with Crippen LogP contribution < -0.4 is 25.0 Å². The van der Waals surface area contributed by atoms with Crippen molar-refractivity contribution in [2.45, 2.75) is 51.2 Å². The lowest BCUT2D eigenvalue weighted by atomic mass is 9.93. The summed E-state index contributed by atoms with van der Waals surface area (Å²) in [6.07, 6.45) is 13.2. The Morgan fingerprint density at radius 2 is 1.95 bits per heavy atom. The first kappa shape index (κ1) is 29.9. The van der Waals surface area contributed by atoms with Gasteiger partial charge in [-0.25, -0.2) is 18.4 Å². The number of nitrogens with one attached hydrogen (secondary N) is 3. The molecule has 2 aromatic heterocycles. The van der Waals surface area contributed by atoms with Crippen LogP contribution in [-0.4, -0.2) is 87.9 Å². The second kappa shape index (κ2) is 13.6. The summed E-state index contributed by atoms with van der Waals surface area (Å²) in [5.74, 6) is 1.79. The van der Waals surface area contributed by atoms with Crippen LogP contribution in [0.15, 0.2) is 35.2 Å². The summed E-state index contributed by atoms with van der Waals surface area (Å²) in [7, 11) is -3.44. The number of rotatable bonds is 10. The number of anilines is 2. The second-order valence-electron chi connectivity index (χ2n) is 10.9. The van der Waals surface area contributed by atoms with Gasteiger partial charge in [-0.15, -0.1) is 0 Å². The minimum absolute atomic E-state index is 0.0568. The summed E-state index contributed by atoms with van der Waals surface area (Å²) in [6, 6.07) is 2.10. The topological polar surface area (TPSA) is 143 Å². The minimum Gasteiger partial charge on any atom is -0.474 e. The lowest BCUT2D eigenvalue weighted by Gasteiger charge is -2.31. The highest BCUT2D eigenvalue weighted by Crippen LogP contribution is 2.36. The van der Waals surface area contributed by atoms with Crippen molar-refractivity contribution in [1.29, 1.82) is 0 Å². The Bertz CT molecular complexity index is 1410. The van der Waals surface area contributed by atoms with Crippen molar-refractivity contribution in [3.8, 4) is 5.88 Å². The molecule has 0 radical (unpaired) electrons. The van der Waals surface area contributed by atoms with Crippen molar-refractivity contribution in [2.75, 3.05) is 55.9 Å². The first-order chi connectivity index (χ1) is 20.3. The molecule has 4 heterocycles. The lowest BCUT2D eigenvalue weighted by molar-refractivity contribution is 0.122. The van der Waals surface area contributed by atoms with Gasteiger partial charge in [-0.2, -0.15) is 4.98 Å². The van der Waals surface area contributed by atoms with Crippen molar-refractivity contribution < 1.29 is 17.9 Å². The molecular weight excluding hydrogens is 556 g/mol. The molecule has 5 rings (SSSR count). The van der Waals surface area contributed by atoms with Crippen LogP contribution in [0, 0.1) is 0 Å². The van der Waals surface area contributed by atoms with E-state index in [-0.39, 0.29) is 12.1 Å². The van der Waals surface area contributed by atoms with Gasteiger partial charge in [0, 0.05) is 55.4 Å². The highest BCUT2D eigenvalue weighted by atomic mass is 32.2. The van der Waals surface area contributed by atoms with Crippen LogP contribution in [0.3, 0.4) is 0 Å². The molecule has 0 amide bonds. The van der Waals surface area contributed by atoms with E-state index in [1.807, 2.05) is 18.5 Å². The van der Waals surface area contributed by atoms with Crippen LogP contribution in [0.5, 0.6) is 5.88 Å². The Hall–Kier alpha value is -3.55. The van der Waals surface area contributed by atoms with Gasteiger partial charge in [0.2, 0.25) is 21.9 Å². The first-order valence-electron chi connectivity index (χ1n) is 14.4. The van der Waals surface area contributed by atoms with Crippen LogP contribution >= 0.6 is 0 Å². The molecule has 0 bridgehead atoms. The molecule has 1 saturated heterocycles. The Morgan fingerprint density at radius 1 is 1.21 bits per heavy atom. The maximum absolute atomic E-state index is 11.8. The van der Waals surface area contributed by atoms with Gasteiger partial charge in [-0.05, 0) is 63.9 Å². The number of allylic oxidation sites excluding steroid dienone is 1. The molecule has 0 spiro atoms. The van der Waals surface area contributed by atoms with Crippen molar-refractivity contribution in [3.05, 3.63) is 41.4 Å². The van der Waals surface area contributed by atoms with E-state index in [2.05, 4.69) is 48.0 Å². The van der Waals surface area contributed by atoms with Gasteiger partial charge in [0.1, 0.15) is 11.9 Å². The summed E-state index contributed by atoms with van der Waals surface area (Å²) >= 11 is 0. The Balaban J connectivity index is 1.28. The molecule has 42 heavy (non-hydrogen) atoms. The number of aromatic nitrogens is 3. The lowest BCUT2D eigenvalue weighted by Crippen LogP contribution is -2.37. The number of nitrogens with zero attached hydrogens (tertiary/aromatic N) is 5. The van der Waals surface area contributed by atoms with Gasteiger partial charge < -0.3 is 25.0 Å². The molecule has 0 atom stereocenters. The zero-order valence-electron chi connectivity index (χ0n) is 24.3. The van der Waals surface area contributed by atoms with Crippen LogP contribution in [0.4, 0.5) is 17.5 Å². The largest absolute Gasteiger partial charge is 0.474 e. The fourth-order valence-corrected chi connectivity index (χ4v) is 6.12. The van der Waals surface area contributed by atoms with E-state index in [1.165, 1.54) is 5.57 Å². The molecule has 0 unspecified atom stereocenters. The molecule has 1 saturated carbocycles. The highest BCUT2D eigenvalue weighted by molar-refractivity contribution is 7.88. The molecule has 2 aliphatic heterocycles. The van der Waals surface area contributed by atoms with E-state index in [0.717, 1.165) is 62.8 Å². The van der Waals surface area contributed by atoms with Crippen LogP contribution in [0.25, 0.3) is 11.6 Å². The first-order valence-corrected chi connectivity index (χ1v) is 16.3. The Kier molecular flexibility index (Phi) is 9.70. The number of sulfonamides is 1. The molecule has 13 heteroatoms. The number of morpholine rings is 1. The van der Waals surface area contributed by atoms with Crippen molar-refractivity contribution in [1.82, 2.24) is 25.0 Å². The Labute approximate surface area is 247 Å². The van der Waals surface area contributed by atoms with Crippen LogP contribution in [0.2, 0.25) is 0 Å². The molecular formula is C29H40N8O4S. The molecule has 226 valence electrons. The monoisotopic (exact) mass is 596 g/mol. The fraction of sp³-hybridized carbons (Fsp3) is 0.517. The van der Waals surface area contributed by atoms with Crippen molar-refractivity contribution >= 4 is 45.8 Å². The average molecular weight is 597 g/mol. The number of aliphatic imine (C=N–C) groups is 1. The number of pyridine rings is 1. The predicted molar refractivity (Wildman–Crippen MR) is 166 cm³/mol. The molecule has 3 aliphatic rings. The van der Waals surface area contributed by atoms with E-state index >= 15 is 0 Å². The van der Waals surface area contributed by atoms with E-state index in [9.17, 15) is 8.42 Å². The predicted octanol–water partition coefficient (Wildman–Crippen LogP) is 3.13. The third-order valence-corrected chi connectivity index (χ3v) is 8.27. The van der Waals surface area contributed by atoms with Crippen LogP contribution in [0.1, 0.15) is 50.2 Å². The molecule has 12 nitrogen and oxygen atoms in total. The second-order valence-corrected chi connectivity index (χ2v) is 12.6. The third-order valence-electron chi connectivity index (χ3n) is 7.57. The van der Waals surface area contributed by atoms with Gasteiger partial charge in [-0.3, -0.25) is 9.71 Å². The van der Waals surface area contributed by atoms with E-state index in [1.54, 1.807) is 13.0 Å². The quantitative estimate of drug-likeness (QED) is 0.350. The molecule has 3 N–H and O–H groups in total. The van der Waals surface area contributed by atoms with Crippen molar-refractivity contribution in [2.24, 2.45) is 4.99 Å². The van der Waals surface area contributed by atoms with Gasteiger partial charge in [0.25, 0.3) is 0 Å². The van der Waals surface area contributed by atoms with Gasteiger partial charge in [-0.1, -0.05) is 6.08 Å². The van der Waals surface area contributed by atoms with Crippen molar-refractivity contribution in [3.63, 3.8) is 0 Å². The van der Waals surface area contributed by atoms with E-state index in [0.29, 0.717) is 55.1 Å².